The number of rotatable bonds is 6. The van der Waals surface area contributed by atoms with Gasteiger partial charge in [0.25, 0.3) is 0 Å². The smallest absolute Gasteiger partial charge is 0.236 e. The SMILES string of the molecule is COc1ccc(C2(NCC(=O)N3CC4CCC(C3)N4c3ccc(C#N)cn3)CC2)cc1. The van der Waals surface area contributed by atoms with E-state index in [2.05, 4.69) is 33.4 Å². The number of nitrogens with one attached hydrogen (secondary N) is 1. The standard InChI is InChI=1S/C24H27N5O2/c1-31-21-7-3-18(4-8-21)24(10-11-24)27-14-23(30)28-15-19-5-6-20(16-28)29(19)22-9-2-17(12-25)13-26-22/h2-4,7-9,13,19-20,27H,5-6,10-11,14-16H2,1H3. The zero-order chi connectivity index (χ0) is 21.4. The summed E-state index contributed by atoms with van der Waals surface area (Å²) in [6.07, 6.45) is 5.87. The second-order valence-electron chi connectivity index (χ2n) is 8.77. The van der Waals surface area contributed by atoms with E-state index in [9.17, 15) is 4.79 Å². The molecule has 1 aromatic heterocycles. The summed E-state index contributed by atoms with van der Waals surface area (Å²) in [4.78, 5) is 21.9. The van der Waals surface area contributed by atoms with Crippen LogP contribution in [0.15, 0.2) is 42.6 Å². The first kappa shape index (κ1) is 19.8. The van der Waals surface area contributed by atoms with Gasteiger partial charge in [-0.1, -0.05) is 12.1 Å². The number of hydrogen-bond acceptors (Lipinski definition) is 6. The van der Waals surface area contributed by atoms with E-state index in [4.69, 9.17) is 10.00 Å². The molecule has 0 radical (unpaired) electrons. The van der Waals surface area contributed by atoms with Crippen molar-refractivity contribution >= 4 is 11.7 Å². The Morgan fingerprint density at radius 1 is 1.19 bits per heavy atom. The number of aromatic nitrogens is 1. The van der Waals surface area contributed by atoms with Gasteiger partial charge in [0.2, 0.25) is 5.91 Å². The van der Waals surface area contributed by atoms with E-state index in [1.165, 1.54) is 5.56 Å². The fourth-order valence-corrected chi connectivity index (χ4v) is 5.04. The van der Waals surface area contributed by atoms with Crippen LogP contribution in [0.1, 0.15) is 36.8 Å². The first-order valence-electron chi connectivity index (χ1n) is 10.9. The number of pyridine rings is 1. The van der Waals surface area contributed by atoms with Gasteiger partial charge in [-0.3, -0.25) is 10.1 Å². The van der Waals surface area contributed by atoms with Gasteiger partial charge < -0.3 is 14.5 Å². The predicted molar refractivity (Wildman–Crippen MR) is 117 cm³/mol. The minimum Gasteiger partial charge on any atom is -0.497 e. The number of carbonyl (C=O) groups is 1. The number of likely N-dealkylation sites (tertiary alicyclic amines) is 1. The summed E-state index contributed by atoms with van der Waals surface area (Å²) in [7, 11) is 1.67. The van der Waals surface area contributed by atoms with Gasteiger partial charge >= 0.3 is 0 Å². The number of benzene rings is 1. The molecule has 3 aliphatic rings. The molecule has 31 heavy (non-hydrogen) atoms. The molecule has 0 spiro atoms. The zero-order valence-electron chi connectivity index (χ0n) is 17.8. The molecule has 3 heterocycles. The molecule has 2 atom stereocenters. The molecule has 2 bridgehead atoms. The minimum atomic E-state index is -0.0743. The second-order valence-corrected chi connectivity index (χ2v) is 8.77. The summed E-state index contributed by atoms with van der Waals surface area (Å²) in [5, 5.41) is 12.5. The van der Waals surface area contributed by atoms with Crippen LogP contribution in [0.4, 0.5) is 5.82 Å². The third kappa shape index (κ3) is 3.72. The highest BCUT2D eigenvalue weighted by atomic mass is 16.5. The second kappa shape index (κ2) is 7.86. The van der Waals surface area contributed by atoms with Gasteiger partial charge in [0, 0.05) is 36.9 Å². The number of fused-ring (bicyclic) bond motifs is 2. The van der Waals surface area contributed by atoms with Crippen molar-refractivity contribution in [1.82, 2.24) is 15.2 Å². The number of ether oxygens (including phenoxy) is 1. The molecule has 7 heteroatoms. The lowest BCUT2D eigenvalue weighted by Crippen LogP contribution is -2.57. The van der Waals surface area contributed by atoms with Crippen molar-refractivity contribution in [3.63, 3.8) is 0 Å². The van der Waals surface area contributed by atoms with Crippen molar-refractivity contribution in [2.45, 2.75) is 43.3 Å². The fraction of sp³-hybridized carbons (Fsp3) is 0.458. The summed E-state index contributed by atoms with van der Waals surface area (Å²) in [6, 6.07) is 14.6. The van der Waals surface area contributed by atoms with Crippen LogP contribution in [0.25, 0.3) is 0 Å². The molecule has 1 aliphatic carbocycles. The Morgan fingerprint density at radius 3 is 2.45 bits per heavy atom. The maximum absolute atomic E-state index is 13.0. The molecule has 2 saturated heterocycles. The molecule has 2 aliphatic heterocycles. The molecule has 7 nitrogen and oxygen atoms in total. The number of methoxy groups -OCH3 is 1. The molecular weight excluding hydrogens is 390 g/mol. The monoisotopic (exact) mass is 417 g/mol. The average molecular weight is 418 g/mol. The van der Waals surface area contributed by atoms with Crippen LogP contribution >= 0.6 is 0 Å². The Bertz CT molecular complexity index is 980. The first-order valence-corrected chi connectivity index (χ1v) is 10.9. The number of carbonyl (C=O) groups excluding carboxylic acids is 1. The molecule has 1 amide bonds. The van der Waals surface area contributed by atoms with Crippen LogP contribution in [0.2, 0.25) is 0 Å². The Balaban J connectivity index is 1.20. The van der Waals surface area contributed by atoms with E-state index in [1.807, 2.05) is 29.2 Å². The Hall–Kier alpha value is -3.11. The number of piperazine rings is 1. The van der Waals surface area contributed by atoms with E-state index in [1.54, 1.807) is 13.3 Å². The zero-order valence-corrected chi connectivity index (χ0v) is 17.8. The maximum Gasteiger partial charge on any atom is 0.236 e. The molecule has 160 valence electrons. The van der Waals surface area contributed by atoms with Crippen molar-refractivity contribution in [3.05, 3.63) is 53.7 Å². The van der Waals surface area contributed by atoms with E-state index in [0.29, 0.717) is 24.2 Å². The number of anilines is 1. The number of nitriles is 1. The van der Waals surface area contributed by atoms with Gasteiger partial charge in [-0.05, 0) is 55.5 Å². The Labute approximate surface area is 182 Å². The third-order valence-electron chi connectivity index (χ3n) is 6.95. The maximum atomic E-state index is 13.0. The average Bonchev–Trinajstić information content (AvgIpc) is 3.57. The lowest BCUT2D eigenvalue weighted by atomic mass is 10.0. The molecule has 2 aromatic rings. The van der Waals surface area contributed by atoms with Gasteiger partial charge in [0.1, 0.15) is 17.6 Å². The van der Waals surface area contributed by atoms with Crippen LogP contribution in [0.3, 0.4) is 0 Å². The lowest BCUT2D eigenvalue weighted by molar-refractivity contribution is -0.131. The molecular formula is C24H27N5O2. The predicted octanol–water partition coefficient (Wildman–Crippen LogP) is 2.42. The van der Waals surface area contributed by atoms with Gasteiger partial charge in [-0.2, -0.15) is 5.26 Å². The van der Waals surface area contributed by atoms with Crippen LogP contribution in [-0.4, -0.2) is 54.6 Å². The van der Waals surface area contributed by atoms with E-state index >= 15 is 0 Å². The van der Waals surface area contributed by atoms with Crippen molar-refractivity contribution in [3.8, 4) is 11.8 Å². The number of amides is 1. The van der Waals surface area contributed by atoms with Crippen LogP contribution in [0, 0.1) is 11.3 Å². The number of hydrogen-bond donors (Lipinski definition) is 1. The normalized spacial score (nSPS) is 23.4. The van der Waals surface area contributed by atoms with Crippen LogP contribution in [0.5, 0.6) is 5.75 Å². The quantitative estimate of drug-likeness (QED) is 0.777. The Kier molecular flexibility index (Phi) is 5.03. The van der Waals surface area contributed by atoms with E-state index < -0.39 is 0 Å². The highest BCUT2D eigenvalue weighted by Gasteiger charge is 2.45. The van der Waals surface area contributed by atoms with Crippen molar-refractivity contribution < 1.29 is 9.53 Å². The Morgan fingerprint density at radius 2 is 1.90 bits per heavy atom. The highest BCUT2D eigenvalue weighted by Crippen LogP contribution is 2.45. The first-order chi connectivity index (χ1) is 15.1. The van der Waals surface area contributed by atoms with Gasteiger partial charge in [0.05, 0.1) is 19.2 Å². The van der Waals surface area contributed by atoms with Gasteiger partial charge in [0.15, 0.2) is 0 Å². The molecule has 1 N–H and O–H groups in total. The molecule has 5 rings (SSSR count). The largest absolute Gasteiger partial charge is 0.497 e. The fourth-order valence-electron chi connectivity index (χ4n) is 5.04. The van der Waals surface area contributed by atoms with Gasteiger partial charge in [-0.15, -0.1) is 0 Å². The number of nitrogens with zero attached hydrogens (tertiary/aromatic N) is 4. The minimum absolute atomic E-state index is 0.0743. The third-order valence-corrected chi connectivity index (χ3v) is 6.95. The van der Waals surface area contributed by atoms with Crippen molar-refractivity contribution in [2.24, 2.45) is 0 Å². The molecule has 1 saturated carbocycles. The molecule has 2 unspecified atom stereocenters. The summed E-state index contributed by atoms with van der Waals surface area (Å²) in [5.41, 5.74) is 1.72. The molecule has 3 fully saturated rings. The van der Waals surface area contributed by atoms with Gasteiger partial charge in [-0.25, -0.2) is 4.98 Å². The summed E-state index contributed by atoms with van der Waals surface area (Å²) in [5.74, 6) is 1.93. The van der Waals surface area contributed by atoms with Crippen molar-refractivity contribution in [1.29, 1.82) is 5.26 Å². The van der Waals surface area contributed by atoms with Crippen LogP contribution < -0.4 is 15.0 Å². The summed E-state index contributed by atoms with van der Waals surface area (Å²) < 4.78 is 5.25. The van der Waals surface area contributed by atoms with E-state index in [-0.39, 0.29) is 11.4 Å². The summed E-state index contributed by atoms with van der Waals surface area (Å²) >= 11 is 0. The topological polar surface area (TPSA) is 81.5 Å². The highest BCUT2D eigenvalue weighted by molar-refractivity contribution is 5.79. The van der Waals surface area contributed by atoms with Crippen LogP contribution in [-0.2, 0) is 10.3 Å². The molecule has 1 aromatic carbocycles. The summed E-state index contributed by atoms with van der Waals surface area (Å²) in [6.45, 7) is 1.82. The van der Waals surface area contributed by atoms with E-state index in [0.717, 1.165) is 50.3 Å². The van der Waals surface area contributed by atoms with Crippen molar-refractivity contribution in [2.75, 3.05) is 31.6 Å². The lowest BCUT2D eigenvalue weighted by Gasteiger charge is -2.42.